The normalized spacial score (nSPS) is 11.0. The predicted molar refractivity (Wildman–Crippen MR) is 106 cm³/mol. The third-order valence-electron chi connectivity index (χ3n) is 3.80. The van der Waals surface area contributed by atoms with Gasteiger partial charge in [0.15, 0.2) is 0 Å². The number of rotatable bonds is 8. The SMILES string of the molecule is COC(=O)CN(C(=O)/C=C/c1ccccc1OCc1csc(C)n1)C(C)C. The van der Waals surface area contributed by atoms with Gasteiger partial charge in [0.2, 0.25) is 5.91 Å². The molecule has 0 aliphatic carbocycles. The number of ether oxygens (including phenoxy) is 2. The lowest BCUT2D eigenvalue weighted by Crippen LogP contribution is -2.40. The van der Waals surface area contributed by atoms with E-state index >= 15 is 0 Å². The highest BCUT2D eigenvalue weighted by molar-refractivity contribution is 7.09. The van der Waals surface area contributed by atoms with Gasteiger partial charge in [0.05, 0.1) is 17.8 Å². The van der Waals surface area contributed by atoms with Crippen LogP contribution >= 0.6 is 11.3 Å². The van der Waals surface area contributed by atoms with Gasteiger partial charge in [-0.1, -0.05) is 18.2 Å². The van der Waals surface area contributed by atoms with E-state index in [-0.39, 0.29) is 18.5 Å². The Kier molecular flexibility index (Phi) is 7.55. The molecule has 7 heteroatoms. The number of hydrogen-bond donors (Lipinski definition) is 0. The lowest BCUT2D eigenvalue weighted by molar-refractivity contribution is -0.146. The lowest BCUT2D eigenvalue weighted by Gasteiger charge is -2.24. The Bertz CT molecular complexity index is 814. The van der Waals surface area contributed by atoms with Crippen LogP contribution in [-0.4, -0.2) is 41.5 Å². The number of aryl methyl sites for hydroxylation is 1. The average Bonchev–Trinajstić information content (AvgIpc) is 3.07. The van der Waals surface area contributed by atoms with Crippen LogP contribution in [0.2, 0.25) is 0 Å². The molecule has 0 saturated carbocycles. The molecule has 0 fully saturated rings. The highest BCUT2D eigenvalue weighted by Crippen LogP contribution is 2.21. The van der Waals surface area contributed by atoms with Gasteiger partial charge in [-0.05, 0) is 32.9 Å². The maximum Gasteiger partial charge on any atom is 0.325 e. The molecule has 0 saturated heterocycles. The average molecular weight is 388 g/mol. The second-order valence-electron chi connectivity index (χ2n) is 6.15. The summed E-state index contributed by atoms with van der Waals surface area (Å²) in [5.41, 5.74) is 1.65. The number of carbonyl (C=O) groups excluding carboxylic acids is 2. The number of esters is 1. The summed E-state index contributed by atoms with van der Waals surface area (Å²) in [6, 6.07) is 7.33. The van der Waals surface area contributed by atoms with Crippen LogP contribution in [0.25, 0.3) is 6.08 Å². The Hall–Kier alpha value is -2.67. The smallest absolute Gasteiger partial charge is 0.325 e. The number of amides is 1. The first-order chi connectivity index (χ1) is 12.9. The predicted octanol–water partition coefficient (Wildman–Crippen LogP) is 3.45. The summed E-state index contributed by atoms with van der Waals surface area (Å²) in [5, 5.41) is 2.96. The van der Waals surface area contributed by atoms with Crippen molar-refractivity contribution >= 4 is 29.3 Å². The first-order valence-electron chi connectivity index (χ1n) is 8.59. The second kappa shape index (κ2) is 9.87. The first kappa shape index (κ1) is 20.6. The molecule has 0 unspecified atom stereocenters. The van der Waals surface area contributed by atoms with Gasteiger partial charge in [0, 0.05) is 23.1 Å². The van der Waals surface area contributed by atoms with E-state index in [9.17, 15) is 9.59 Å². The van der Waals surface area contributed by atoms with E-state index in [1.54, 1.807) is 17.4 Å². The van der Waals surface area contributed by atoms with Gasteiger partial charge in [-0.25, -0.2) is 4.98 Å². The van der Waals surface area contributed by atoms with Crippen molar-refractivity contribution in [1.29, 1.82) is 0 Å². The molecule has 1 amide bonds. The Labute approximate surface area is 163 Å². The molecule has 0 aliphatic rings. The number of para-hydroxylation sites is 1. The van der Waals surface area contributed by atoms with Crippen molar-refractivity contribution in [2.75, 3.05) is 13.7 Å². The summed E-state index contributed by atoms with van der Waals surface area (Å²) in [7, 11) is 1.30. The molecule has 2 rings (SSSR count). The van der Waals surface area contributed by atoms with Crippen LogP contribution in [-0.2, 0) is 20.9 Å². The molecule has 0 bridgehead atoms. The largest absolute Gasteiger partial charge is 0.487 e. The van der Waals surface area contributed by atoms with E-state index in [4.69, 9.17) is 4.74 Å². The Morgan fingerprint density at radius 3 is 2.67 bits per heavy atom. The molecule has 1 aromatic carbocycles. The lowest BCUT2D eigenvalue weighted by atomic mass is 10.2. The fourth-order valence-corrected chi connectivity index (χ4v) is 2.95. The minimum Gasteiger partial charge on any atom is -0.487 e. The number of nitrogens with zero attached hydrogens (tertiary/aromatic N) is 2. The summed E-state index contributed by atoms with van der Waals surface area (Å²) in [4.78, 5) is 29.8. The Balaban J connectivity index is 2.08. The summed E-state index contributed by atoms with van der Waals surface area (Å²) < 4.78 is 10.5. The van der Waals surface area contributed by atoms with E-state index in [2.05, 4.69) is 9.72 Å². The number of benzene rings is 1. The van der Waals surface area contributed by atoms with Crippen LogP contribution in [0.15, 0.2) is 35.7 Å². The number of thiazole rings is 1. The van der Waals surface area contributed by atoms with E-state index < -0.39 is 5.97 Å². The molecule has 0 atom stereocenters. The van der Waals surface area contributed by atoms with Crippen molar-refractivity contribution in [2.24, 2.45) is 0 Å². The van der Waals surface area contributed by atoms with E-state index in [1.807, 2.05) is 50.4 Å². The van der Waals surface area contributed by atoms with Crippen molar-refractivity contribution in [3.05, 3.63) is 52.0 Å². The number of aromatic nitrogens is 1. The standard InChI is InChI=1S/C20H24N2O4S/c1-14(2)22(11-20(24)25-4)19(23)10-9-16-7-5-6-8-18(16)26-12-17-13-27-15(3)21-17/h5-10,13-14H,11-12H2,1-4H3/b10-9+. The third-order valence-corrected chi connectivity index (χ3v) is 4.62. The molecule has 144 valence electrons. The quantitative estimate of drug-likeness (QED) is 0.512. The highest BCUT2D eigenvalue weighted by Gasteiger charge is 2.18. The van der Waals surface area contributed by atoms with E-state index in [0.717, 1.165) is 16.3 Å². The van der Waals surface area contributed by atoms with Crippen molar-refractivity contribution in [2.45, 2.75) is 33.4 Å². The first-order valence-corrected chi connectivity index (χ1v) is 9.47. The van der Waals surface area contributed by atoms with Crippen LogP contribution in [0.4, 0.5) is 0 Å². The molecule has 1 aromatic heterocycles. The van der Waals surface area contributed by atoms with Gasteiger partial charge in [-0.3, -0.25) is 9.59 Å². The van der Waals surface area contributed by atoms with Crippen LogP contribution < -0.4 is 4.74 Å². The fourth-order valence-electron chi connectivity index (χ4n) is 2.35. The molecule has 6 nitrogen and oxygen atoms in total. The minimum atomic E-state index is -0.451. The molecular formula is C20H24N2O4S. The summed E-state index contributed by atoms with van der Waals surface area (Å²) >= 11 is 1.58. The molecule has 2 aromatic rings. The van der Waals surface area contributed by atoms with Gasteiger partial charge in [0.1, 0.15) is 18.9 Å². The fraction of sp³-hybridized carbons (Fsp3) is 0.350. The monoisotopic (exact) mass is 388 g/mol. The molecule has 0 aliphatic heterocycles. The molecule has 0 spiro atoms. The van der Waals surface area contributed by atoms with Gasteiger partial charge >= 0.3 is 5.97 Å². The van der Waals surface area contributed by atoms with Crippen LogP contribution in [0.3, 0.4) is 0 Å². The number of hydrogen-bond acceptors (Lipinski definition) is 6. The zero-order chi connectivity index (χ0) is 19.8. The van der Waals surface area contributed by atoms with E-state index in [1.165, 1.54) is 18.1 Å². The van der Waals surface area contributed by atoms with Crippen molar-refractivity contribution in [3.8, 4) is 5.75 Å². The van der Waals surface area contributed by atoms with Crippen molar-refractivity contribution < 1.29 is 19.1 Å². The van der Waals surface area contributed by atoms with Crippen molar-refractivity contribution in [1.82, 2.24) is 9.88 Å². The van der Waals surface area contributed by atoms with Crippen molar-refractivity contribution in [3.63, 3.8) is 0 Å². The summed E-state index contributed by atoms with van der Waals surface area (Å²) in [6.07, 6.45) is 3.13. The molecule has 0 N–H and O–H groups in total. The van der Waals surface area contributed by atoms with Gasteiger partial charge in [0.25, 0.3) is 0 Å². The maximum atomic E-state index is 12.5. The van der Waals surface area contributed by atoms with Crippen LogP contribution in [0.1, 0.15) is 30.1 Å². The van der Waals surface area contributed by atoms with Gasteiger partial charge < -0.3 is 14.4 Å². The van der Waals surface area contributed by atoms with E-state index in [0.29, 0.717) is 12.4 Å². The third kappa shape index (κ3) is 6.21. The second-order valence-corrected chi connectivity index (χ2v) is 7.22. The maximum absolute atomic E-state index is 12.5. The zero-order valence-electron chi connectivity index (χ0n) is 16.0. The van der Waals surface area contributed by atoms with Gasteiger partial charge in [-0.2, -0.15) is 0 Å². The van der Waals surface area contributed by atoms with Gasteiger partial charge in [-0.15, -0.1) is 11.3 Å². The summed E-state index contributed by atoms with van der Waals surface area (Å²) in [5.74, 6) is -0.0515. The molecular weight excluding hydrogens is 364 g/mol. The summed E-state index contributed by atoms with van der Waals surface area (Å²) in [6.45, 7) is 5.93. The number of carbonyl (C=O) groups is 2. The molecule has 0 radical (unpaired) electrons. The molecule has 27 heavy (non-hydrogen) atoms. The zero-order valence-corrected chi connectivity index (χ0v) is 16.8. The number of methoxy groups -OCH3 is 1. The minimum absolute atomic E-state index is 0.0847. The van der Waals surface area contributed by atoms with Crippen LogP contribution in [0, 0.1) is 6.92 Å². The topological polar surface area (TPSA) is 68.7 Å². The molecule has 1 heterocycles. The Morgan fingerprint density at radius 1 is 1.30 bits per heavy atom. The van der Waals surface area contributed by atoms with Crippen LogP contribution in [0.5, 0.6) is 5.75 Å². The Morgan fingerprint density at radius 2 is 2.04 bits per heavy atom. The highest BCUT2D eigenvalue weighted by atomic mass is 32.1.